The number of hydrogen-bond donors (Lipinski definition) is 2. The molecule has 0 aromatic carbocycles. The number of nitrogens with zero attached hydrogens (tertiary/aromatic N) is 4. The van der Waals surface area contributed by atoms with Crippen LogP contribution >= 0.6 is 0 Å². The smallest absolute Gasteiger partial charge is 0.219 e. The minimum absolute atomic E-state index is 0.0559. The molecule has 0 spiro atoms. The highest BCUT2D eigenvalue weighted by molar-refractivity contribution is 5.93. The van der Waals surface area contributed by atoms with Crippen LogP contribution in [0.2, 0.25) is 0 Å². The van der Waals surface area contributed by atoms with Gasteiger partial charge in [-0.2, -0.15) is 0 Å². The normalized spacial score (nSPS) is 24.1. The SMILES string of the molecule is CC1(C)CCC(Cn2cnc(C(N)=NO)n2)O1. The second kappa shape index (κ2) is 4.33. The molecule has 1 fully saturated rings. The van der Waals surface area contributed by atoms with Crippen LogP contribution < -0.4 is 5.73 Å². The van der Waals surface area contributed by atoms with Crippen LogP contribution in [0.15, 0.2) is 11.5 Å². The van der Waals surface area contributed by atoms with Crippen LogP contribution in [-0.4, -0.2) is 37.5 Å². The van der Waals surface area contributed by atoms with Crippen LogP contribution in [0.25, 0.3) is 0 Å². The molecular formula is C10H17N5O2. The maximum Gasteiger partial charge on any atom is 0.219 e. The first-order valence-electron chi connectivity index (χ1n) is 5.55. The molecule has 1 aromatic heterocycles. The van der Waals surface area contributed by atoms with Crippen molar-refractivity contribution in [2.75, 3.05) is 0 Å². The lowest BCUT2D eigenvalue weighted by Gasteiger charge is -2.18. The quantitative estimate of drug-likeness (QED) is 0.343. The topological polar surface area (TPSA) is 98.6 Å². The summed E-state index contributed by atoms with van der Waals surface area (Å²) in [6, 6.07) is 0. The number of nitrogens with two attached hydrogens (primary N) is 1. The molecule has 1 aliphatic heterocycles. The Morgan fingerprint density at radius 3 is 3.12 bits per heavy atom. The first-order chi connectivity index (χ1) is 8.00. The van der Waals surface area contributed by atoms with Gasteiger partial charge in [0, 0.05) is 0 Å². The highest BCUT2D eigenvalue weighted by Crippen LogP contribution is 2.29. The third-order valence-electron chi connectivity index (χ3n) is 2.82. The van der Waals surface area contributed by atoms with Crippen LogP contribution in [0.5, 0.6) is 0 Å². The standard InChI is InChI=1S/C10H17N5O2/c1-10(2)4-3-7(17-10)5-15-6-12-9(13-15)8(11)14-16/h6-7,16H,3-5H2,1-2H3,(H2,11,14). The van der Waals surface area contributed by atoms with Gasteiger partial charge < -0.3 is 15.7 Å². The first kappa shape index (κ1) is 11.8. The maximum absolute atomic E-state index is 8.50. The summed E-state index contributed by atoms with van der Waals surface area (Å²) in [7, 11) is 0. The highest BCUT2D eigenvalue weighted by Gasteiger charge is 2.31. The van der Waals surface area contributed by atoms with Gasteiger partial charge in [-0.05, 0) is 26.7 Å². The molecule has 2 heterocycles. The zero-order chi connectivity index (χ0) is 12.5. The van der Waals surface area contributed by atoms with Crippen LogP contribution in [0, 0.1) is 0 Å². The summed E-state index contributed by atoms with van der Waals surface area (Å²) in [5.41, 5.74) is 5.33. The number of aromatic nitrogens is 3. The van der Waals surface area contributed by atoms with Crippen molar-refractivity contribution in [3.8, 4) is 0 Å². The van der Waals surface area contributed by atoms with E-state index in [1.807, 2.05) is 0 Å². The molecular weight excluding hydrogens is 222 g/mol. The molecule has 1 atom stereocenters. The molecule has 0 radical (unpaired) electrons. The molecule has 1 aromatic rings. The Morgan fingerprint density at radius 1 is 1.76 bits per heavy atom. The minimum atomic E-state index is -0.0866. The van der Waals surface area contributed by atoms with E-state index in [1.54, 1.807) is 11.0 Å². The summed E-state index contributed by atoms with van der Waals surface area (Å²) in [4.78, 5) is 3.95. The summed E-state index contributed by atoms with van der Waals surface area (Å²) in [6.07, 6.45) is 3.75. The fourth-order valence-corrected chi connectivity index (χ4v) is 1.96. The van der Waals surface area contributed by atoms with Gasteiger partial charge in [0.15, 0.2) is 0 Å². The Bertz CT molecular complexity index is 426. The average molecular weight is 239 g/mol. The fourth-order valence-electron chi connectivity index (χ4n) is 1.96. The van der Waals surface area contributed by atoms with Crippen molar-refractivity contribution >= 4 is 5.84 Å². The zero-order valence-corrected chi connectivity index (χ0v) is 10.00. The Balaban J connectivity index is 1.98. The zero-order valence-electron chi connectivity index (χ0n) is 10.00. The summed E-state index contributed by atoms with van der Waals surface area (Å²) >= 11 is 0. The summed E-state index contributed by atoms with van der Waals surface area (Å²) in [5.74, 6) is 0.140. The van der Waals surface area contributed by atoms with Crippen molar-refractivity contribution in [2.24, 2.45) is 10.9 Å². The number of oxime groups is 1. The van der Waals surface area contributed by atoms with Gasteiger partial charge >= 0.3 is 0 Å². The lowest BCUT2D eigenvalue weighted by atomic mass is 10.1. The highest BCUT2D eigenvalue weighted by atomic mass is 16.5. The van der Waals surface area contributed by atoms with Gasteiger partial charge in [0.25, 0.3) is 0 Å². The number of ether oxygens (including phenoxy) is 1. The van der Waals surface area contributed by atoms with E-state index in [4.69, 9.17) is 15.7 Å². The predicted octanol–water partition coefficient (Wildman–Crippen LogP) is 0.330. The van der Waals surface area contributed by atoms with E-state index in [0.29, 0.717) is 6.54 Å². The second-order valence-electron chi connectivity index (χ2n) is 4.81. The number of rotatable bonds is 3. The summed E-state index contributed by atoms with van der Waals surface area (Å²) in [5, 5.41) is 15.5. The molecule has 1 saturated heterocycles. The fraction of sp³-hybridized carbons (Fsp3) is 0.700. The van der Waals surface area contributed by atoms with E-state index < -0.39 is 0 Å². The molecule has 0 bridgehead atoms. The van der Waals surface area contributed by atoms with E-state index in [1.165, 1.54) is 0 Å². The molecule has 0 amide bonds. The van der Waals surface area contributed by atoms with Crippen molar-refractivity contribution in [3.05, 3.63) is 12.2 Å². The van der Waals surface area contributed by atoms with Gasteiger partial charge in [0.2, 0.25) is 11.7 Å². The molecule has 1 aliphatic rings. The molecule has 3 N–H and O–H groups in total. The van der Waals surface area contributed by atoms with Gasteiger partial charge in [-0.15, -0.1) is 5.10 Å². The number of amidine groups is 1. The van der Waals surface area contributed by atoms with Gasteiger partial charge in [-0.25, -0.2) is 9.67 Å². The molecule has 2 rings (SSSR count). The van der Waals surface area contributed by atoms with Crippen LogP contribution in [-0.2, 0) is 11.3 Å². The Labute approximate surface area is 99.3 Å². The second-order valence-corrected chi connectivity index (χ2v) is 4.81. The third-order valence-corrected chi connectivity index (χ3v) is 2.82. The van der Waals surface area contributed by atoms with E-state index >= 15 is 0 Å². The lowest BCUT2D eigenvalue weighted by molar-refractivity contribution is -0.0230. The monoisotopic (exact) mass is 239 g/mol. The molecule has 7 nitrogen and oxygen atoms in total. The average Bonchev–Trinajstić information content (AvgIpc) is 2.85. The molecule has 0 aliphatic carbocycles. The molecule has 17 heavy (non-hydrogen) atoms. The van der Waals surface area contributed by atoms with Gasteiger partial charge in [-0.3, -0.25) is 0 Å². The Hall–Kier alpha value is -1.63. The van der Waals surface area contributed by atoms with Crippen molar-refractivity contribution in [1.82, 2.24) is 14.8 Å². The number of hydrogen-bond acceptors (Lipinski definition) is 5. The van der Waals surface area contributed by atoms with Gasteiger partial charge in [0.1, 0.15) is 6.33 Å². The molecule has 1 unspecified atom stereocenters. The largest absolute Gasteiger partial charge is 0.409 e. The van der Waals surface area contributed by atoms with Gasteiger partial charge in [-0.1, -0.05) is 5.16 Å². The third kappa shape index (κ3) is 2.73. The van der Waals surface area contributed by atoms with E-state index in [-0.39, 0.29) is 23.4 Å². The summed E-state index contributed by atoms with van der Waals surface area (Å²) in [6.45, 7) is 4.79. The van der Waals surface area contributed by atoms with Crippen molar-refractivity contribution in [3.63, 3.8) is 0 Å². The van der Waals surface area contributed by atoms with E-state index in [9.17, 15) is 0 Å². The lowest BCUT2D eigenvalue weighted by Crippen LogP contribution is -2.23. The van der Waals surface area contributed by atoms with E-state index in [0.717, 1.165) is 12.8 Å². The van der Waals surface area contributed by atoms with Crippen molar-refractivity contribution < 1.29 is 9.94 Å². The van der Waals surface area contributed by atoms with Crippen molar-refractivity contribution in [2.45, 2.75) is 44.9 Å². The predicted molar refractivity (Wildman–Crippen MR) is 60.7 cm³/mol. The van der Waals surface area contributed by atoms with Crippen LogP contribution in [0.4, 0.5) is 0 Å². The minimum Gasteiger partial charge on any atom is -0.409 e. The van der Waals surface area contributed by atoms with Gasteiger partial charge in [0.05, 0.1) is 18.2 Å². The summed E-state index contributed by atoms with van der Waals surface area (Å²) < 4.78 is 7.50. The molecule has 7 heteroatoms. The van der Waals surface area contributed by atoms with Crippen LogP contribution in [0.1, 0.15) is 32.5 Å². The molecule has 0 saturated carbocycles. The molecule has 94 valence electrons. The van der Waals surface area contributed by atoms with Crippen molar-refractivity contribution in [1.29, 1.82) is 0 Å². The Kier molecular flexibility index (Phi) is 3.01. The van der Waals surface area contributed by atoms with Crippen LogP contribution in [0.3, 0.4) is 0 Å². The van der Waals surface area contributed by atoms with E-state index in [2.05, 4.69) is 29.1 Å². The Morgan fingerprint density at radius 2 is 2.53 bits per heavy atom. The first-order valence-corrected chi connectivity index (χ1v) is 5.55. The maximum atomic E-state index is 8.50.